The summed E-state index contributed by atoms with van der Waals surface area (Å²) in [6, 6.07) is 0. The summed E-state index contributed by atoms with van der Waals surface area (Å²) < 4.78 is 0.620. The standard InChI is InChI=1S/C10H18S2/c1-5-6-7-9(2)8-10(11-3)12-4/h5,8,10H,1,6-7H2,2-4H3/b9-8-. The van der Waals surface area contributed by atoms with E-state index >= 15 is 0 Å². The van der Waals surface area contributed by atoms with Crippen molar-refractivity contribution in [3.8, 4) is 0 Å². The lowest BCUT2D eigenvalue weighted by Crippen LogP contribution is -1.90. The zero-order chi connectivity index (χ0) is 9.40. The van der Waals surface area contributed by atoms with E-state index in [0.29, 0.717) is 4.58 Å². The van der Waals surface area contributed by atoms with E-state index in [2.05, 4.69) is 32.1 Å². The number of rotatable bonds is 6. The van der Waals surface area contributed by atoms with Gasteiger partial charge in [-0.1, -0.05) is 17.7 Å². The van der Waals surface area contributed by atoms with Gasteiger partial charge in [-0.25, -0.2) is 0 Å². The fraction of sp³-hybridized carbons (Fsp3) is 0.600. The molecule has 0 aliphatic carbocycles. The first-order valence-electron chi connectivity index (χ1n) is 4.08. The molecule has 0 fully saturated rings. The van der Waals surface area contributed by atoms with Gasteiger partial charge in [0.25, 0.3) is 0 Å². The van der Waals surface area contributed by atoms with Crippen LogP contribution >= 0.6 is 23.5 Å². The van der Waals surface area contributed by atoms with Crippen molar-refractivity contribution in [1.82, 2.24) is 0 Å². The molecule has 0 bridgehead atoms. The zero-order valence-corrected chi connectivity index (χ0v) is 9.80. The molecular formula is C10H18S2. The van der Waals surface area contributed by atoms with Crippen molar-refractivity contribution in [2.24, 2.45) is 0 Å². The highest BCUT2D eigenvalue weighted by Gasteiger charge is 1.99. The number of thioether (sulfide) groups is 2. The van der Waals surface area contributed by atoms with Crippen LogP contribution in [0.15, 0.2) is 24.3 Å². The molecule has 0 nitrogen and oxygen atoms in total. The first-order chi connectivity index (χ1) is 5.74. The maximum absolute atomic E-state index is 3.71. The Morgan fingerprint density at radius 2 is 2.00 bits per heavy atom. The second-order valence-corrected chi connectivity index (χ2v) is 4.94. The Labute approximate surface area is 84.9 Å². The first-order valence-corrected chi connectivity index (χ1v) is 6.66. The van der Waals surface area contributed by atoms with E-state index in [-0.39, 0.29) is 0 Å². The molecule has 12 heavy (non-hydrogen) atoms. The van der Waals surface area contributed by atoms with Crippen LogP contribution in [0.4, 0.5) is 0 Å². The summed E-state index contributed by atoms with van der Waals surface area (Å²) in [6.45, 7) is 5.91. The molecule has 0 heterocycles. The normalized spacial score (nSPS) is 12.2. The minimum atomic E-state index is 0.620. The summed E-state index contributed by atoms with van der Waals surface area (Å²) >= 11 is 3.78. The van der Waals surface area contributed by atoms with Gasteiger partial charge < -0.3 is 0 Å². The fourth-order valence-electron chi connectivity index (χ4n) is 0.878. The second-order valence-electron chi connectivity index (χ2n) is 2.68. The van der Waals surface area contributed by atoms with Crippen molar-refractivity contribution in [3.63, 3.8) is 0 Å². The summed E-state index contributed by atoms with van der Waals surface area (Å²) in [4.78, 5) is 0. The maximum atomic E-state index is 3.71. The number of hydrogen-bond acceptors (Lipinski definition) is 2. The van der Waals surface area contributed by atoms with Gasteiger partial charge in [0, 0.05) is 0 Å². The molecule has 0 radical (unpaired) electrons. The van der Waals surface area contributed by atoms with Crippen LogP contribution < -0.4 is 0 Å². The summed E-state index contributed by atoms with van der Waals surface area (Å²) in [7, 11) is 0. The minimum Gasteiger partial charge on any atom is -0.147 e. The summed E-state index contributed by atoms with van der Waals surface area (Å²) in [5, 5.41) is 0. The zero-order valence-electron chi connectivity index (χ0n) is 8.17. The molecule has 70 valence electrons. The fourth-order valence-corrected chi connectivity index (χ4v) is 2.38. The Bertz CT molecular complexity index is 146. The summed E-state index contributed by atoms with van der Waals surface area (Å²) in [6.07, 6.45) is 10.9. The molecule has 0 spiro atoms. The lowest BCUT2D eigenvalue weighted by atomic mass is 10.1. The summed E-state index contributed by atoms with van der Waals surface area (Å²) in [5.74, 6) is 0. The van der Waals surface area contributed by atoms with Gasteiger partial charge in [0.15, 0.2) is 0 Å². The molecule has 0 N–H and O–H groups in total. The molecule has 0 atom stereocenters. The quantitative estimate of drug-likeness (QED) is 0.472. The third-order valence-corrected chi connectivity index (χ3v) is 3.98. The summed E-state index contributed by atoms with van der Waals surface area (Å²) in [5.41, 5.74) is 1.48. The van der Waals surface area contributed by atoms with Crippen LogP contribution in [0.25, 0.3) is 0 Å². The highest BCUT2D eigenvalue weighted by molar-refractivity contribution is 8.16. The Morgan fingerprint density at radius 1 is 1.42 bits per heavy atom. The molecule has 0 aromatic heterocycles. The van der Waals surface area contributed by atoms with Gasteiger partial charge in [-0.2, -0.15) is 0 Å². The molecule has 0 unspecified atom stereocenters. The molecule has 0 aliphatic heterocycles. The third-order valence-electron chi connectivity index (χ3n) is 1.63. The van der Waals surface area contributed by atoms with Crippen LogP contribution in [0.3, 0.4) is 0 Å². The SMILES string of the molecule is C=CCC/C(C)=C\C(SC)SC. The van der Waals surface area contributed by atoms with Gasteiger partial charge in [0.05, 0.1) is 4.58 Å². The van der Waals surface area contributed by atoms with E-state index in [4.69, 9.17) is 0 Å². The minimum absolute atomic E-state index is 0.620. The lowest BCUT2D eigenvalue weighted by molar-refractivity contribution is 0.975. The van der Waals surface area contributed by atoms with Crippen LogP contribution in [0.1, 0.15) is 19.8 Å². The highest BCUT2D eigenvalue weighted by Crippen LogP contribution is 2.22. The molecule has 0 saturated heterocycles. The van der Waals surface area contributed by atoms with Crippen LogP contribution in [0, 0.1) is 0 Å². The average Bonchev–Trinajstić information content (AvgIpc) is 2.10. The maximum Gasteiger partial charge on any atom is 0.0679 e. The van der Waals surface area contributed by atoms with Crippen LogP contribution in [0.2, 0.25) is 0 Å². The number of hydrogen-bond donors (Lipinski definition) is 0. The van der Waals surface area contributed by atoms with E-state index < -0.39 is 0 Å². The van der Waals surface area contributed by atoms with Crippen molar-refractivity contribution in [2.45, 2.75) is 24.3 Å². The Kier molecular flexibility index (Phi) is 7.93. The smallest absolute Gasteiger partial charge is 0.0679 e. The van der Waals surface area contributed by atoms with E-state index in [1.165, 1.54) is 5.57 Å². The van der Waals surface area contributed by atoms with Crippen molar-refractivity contribution in [3.05, 3.63) is 24.3 Å². The molecule has 0 aromatic rings. The number of allylic oxidation sites excluding steroid dienone is 2. The van der Waals surface area contributed by atoms with Crippen molar-refractivity contribution in [1.29, 1.82) is 0 Å². The predicted molar refractivity (Wildman–Crippen MR) is 64.0 cm³/mol. The molecule has 0 saturated carbocycles. The Balaban J connectivity index is 3.85. The van der Waals surface area contributed by atoms with Gasteiger partial charge in [-0.05, 0) is 32.3 Å². The monoisotopic (exact) mass is 202 g/mol. The van der Waals surface area contributed by atoms with Crippen LogP contribution in [0.5, 0.6) is 0 Å². The van der Waals surface area contributed by atoms with E-state index in [9.17, 15) is 0 Å². The van der Waals surface area contributed by atoms with Gasteiger partial charge in [0.2, 0.25) is 0 Å². The second kappa shape index (κ2) is 7.81. The highest BCUT2D eigenvalue weighted by atomic mass is 32.2. The van der Waals surface area contributed by atoms with Crippen LogP contribution in [-0.2, 0) is 0 Å². The van der Waals surface area contributed by atoms with Gasteiger partial charge in [-0.3, -0.25) is 0 Å². The topological polar surface area (TPSA) is 0 Å². The molecule has 0 aromatic carbocycles. The van der Waals surface area contributed by atoms with E-state index in [1.54, 1.807) is 0 Å². The van der Waals surface area contributed by atoms with Crippen molar-refractivity contribution < 1.29 is 0 Å². The molecular weight excluding hydrogens is 184 g/mol. The largest absolute Gasteiger partial charge is 0.147 e. The molecule has 0 rings (SSSR count). The van der Waals surface area contributed by atoms with E-state index in [0.717, 1.165) is 12.8 Å². The molecule has 0 aliphatic rings. The lowest BCUT2D eigenvalue weighted by Gasteiger charge is -2.07. The molecule has 2 heteroatoms. The first kappa shape index (κ1) is 12.2. The van der Waals surface area contributed by atoms with Gasteiger partial charge in [0.1, 0.15) is 0 Å². The van der Waals surface area contributed by atoms with Crippen molar-refractivity contribution in [2.75, 3.05) is 12.5 Å². The molecule has 0 amide bonds. The Morgan fingerprint density at radius 3 is 2.42 bits per heavy atom. The predicted octanol–water partition coefficient (Wildman–Crippen LogP) is 3.95. The Hall–Kier alpha value is 0.180. The van der Waals surface area contributed by atoms with Crippen molar-refractivity contribution >= 4 is 23.5 Å². The van der Waals surface area contributed by atoms with Gasteiger partial charge >= 0.3 is 0 Å². The average molecular weight is 202 g/mol. The van der Waals surface area contributed by atoms with Gasteiger partial charge in [-0.15, -0.1) is 30.1 Å². The third kappa shape index (κ3) is 5.78. The van der Waals surface area contributed by atoms with E-state index in [1.807, 2.05) is 29.6 Å². The van der Waals surface area contributed by atoms with Crippen LogP contribution in [-0.4, -0.2) is 17.1 Å².